The Hall–Kier alpha value is -1.68. The standard InChI is InChI=1S/C13H17N3O/c1-3-16-12(9-14-15-16)13(17)8-11-7-5-4-6-10(11)2/h4-7,9,13,17H,3,8H2,1-2H3. The second-order valence-corrected chi connectivity index (χ2v) is 4.12. The molecule has 0 fully saturated rings. The van der Waals surface area contributed by atoms with Gasteiger partial charge in [-0.1, -0.05) is 29.5 Å². The van der Waals surface area contributed by atoms with Crippen LogP contribution in [-0.2, 0) is 13.0 Å². The molecule has 4 heteroatoms. The number of nitrogens with zero attached hydrogens (tertiary/aromatic N) is 3. The maximum absolute atomic E-state index is 10.2. The fourth-order valence-electron chi connectivity index (χ4n) is 1.92. The SMILES string of the molecule is CCn1nncc1C(O)Cc1ccccc1C. The summed E-state index contributed by atoms with van der Waals surface area (Å²) in [6, 6.07) is 8.09. The van der Waals surface area contributed by atoms with Crippen LogP contribution in [0.5, 0.6) is 0 Å². The first-order valence-electron chi connectivity index (χ1n) is 5.83. The number of rotatable bonds is 4. The summed E-state index contributed by atoms with van der Waals surface area (Å²) in [5, 5.41) is 18.0. The van der Waals surface area contributed by atoms with Crippen molar-refractivity contribution < 1.29 is 5.11 Å². The van der Waals surface area contributed by atoms with E-state index in [1.165, 1.54) is 5.56 Å². The second kappa shape index (κ2) is 5.10. The summed E-state index contributed by atoms with van der Waals surface area (Å²) in [6.07, 6.45) is 1.68. The predicted octanol–water partition coefficient (Wildman–Crippen LogP) is 1.88. The monoisotopic (exact) mass is 231 g/mol. The van der Waals surface area contributed by atoms with E-state index >= 15 is 0 Å². The van der Waals surface area contributed by atoms with Gasteiger partial charge in [0.25, 0.3) is 0 Å². The fraction of sp³-hybridized carbons (Fsp3) is 0.385. The summed E-state index contributed by atoms with van der Waals surface area (Å²) in [6.45, 7) is 4.76. The summed E-state index contributed by atoms with van der Waals surface area (Å²) in [5.41, 5.74) is 3.13. The minimum Gasteiger partial charge on any atom is -0.386 e. The Morgan fingerprint density at radius 1 is 1.35 bits per heavy atom. The zero-order chi connectivity index (χ0) is 12.3. The molecule has 1 N–H and O–H groups in total. The summed E-state index contributed by atoms with van der Waals surface area (Å²) in [7, 11) is 0. The fourth-order valence-corrected chi connectivity index (χ4v) is 1.92. The molecular formula is C13H17N3O. The van der Waals surface area contributed by atoms with Gasteiger partial charge in [0.1, 0.15) is 6.10 Å². The molecule has 1 aromatic carbocycles. The first-order chi connectivity index (χ1) is 8.22. The van der Waals surface area contributed by atoms with Crippen LogP contribution >= 0.6 is 0 Å². The van der Waals surface area contributed by atoms with E-state index in [2.05, 4.69) is 23.3 Å². The smallest absolute Gasteiger partial charge is 0.101 e. The lowest BCUT2D eigenvalue weighted by Gasteiger charge is -2.12. The molecule has 0 bridgehead atoms. The topological polar surface area (TPSA) is 50.9 Å². The van der Waals surface area contributed by atoms with Crippen molar-refractivity contribution in [3.05, 3.63) is 47.3 Å². The van der Waals surface area contributed by atoms with Crippen molar-refractivity contribution in [2.75, 3.05) is 0 Å². The number of aromatic nitrogens is 3. The number of hydrogen-bond acceptors (Lipinski definition) is 3. The molecule has 1 heterocycles. The van der Waals surface area contributed by atoms with E-state index in [9.17, 15) is 5.11 Å². The van der Waals surface area contributed by atoms with Gasteiger partial charge in [0.05, 0.1) is 11.9 Å². The lowest BCUT2D eigenvalue weighted by atomic mass is 10.0. The highest BCUT2D eigenvalue weighted by atomic mass is 16.3. The molecule has 1 aromatic heterocycles. The predicted molar refractivity (Wildman–Crippen MR) is 65.5 cm³/mol. The Labute approximate surface area is 101 Å². The Kier molecular flexibility index (Phi) is 3.54. The van der Waals surface area contributed by atoms with Crippen LogP contribution in [0.4, 0.5) is 0 Å². The quantitative estimate of drug-likeness (QED) is 0.874. The molecule has 0 aliphatic rings. The molecule has 2 aromatic rings. The van der Waals surface area contributed by atoms with Crippen molar-refractivity contribution in [1.29, 1.82) is 0 Å². The molecule has 90 valence electrons. The zero-order valence-corrected chi connectivity index (χ0v) is 10.2. The largest absolute Gasteiger partial charge is 0.386 e. The molecule has 1 atom stereocenters. The van der Waals surface area contributed by atoms with Crippen LogP contribution in [0, 0.1) is 6.92 Å². The van der Waals surface area contributed by atoms with Gasteiger partial charge in [0, 0.05) is 13.0 Å². The van der Waals surface area contributed by atoms with E-state index < -0.39 is 6.10 Å². The third-order valence-corrected chi connectivity index (χ3v) is 2.96. The number of aliphatic hydroxyl groups is 1. The maximum Gasteiger partial charge on any atom is 0.101 e. The van der Waals surface area contributed by atoms with Gasteiger partial charge < -0.3 is 5.11 Å². The summed E-state index contributed by atoms with van der Waals surface area (Å²) < 4.78 is 1.73. The first kappa shape index (κ1) is 11.8. The Morgan fingerprint density at radius 3 is 2.82 bits per heavy atom. The number of aryl methyl sites for hydroxylation is 2. The van der Waals surface area contributed by atoms with E-state index in [1.54, 1.807) is 10.9 Å². The van der Waals surface area contributed by atoms with Crippen LogP contribution in [0.2, 0.25) is 0 Å². The molecule has 17 heavy (non-hydrogen) atoms. The molecule has 0 radical (unpaired) electrons. The van der Waals surface area contributed by atoms with E-state index in [1.807, 2.05) is 25.1 Å². The van der Waals surface area contributed by atoms with Gasteiger partial charge in [-0.25, -0.2) is 4.68 Å². The van der Waals surface area contributed by atoms with Crippen molar-refractivity contribution in [3.8, 4) is 0 Å². The second-order valence-electron chi connectivity index (χ2n) is 4.12. The molecule has 1 unspecified atom stereocenters. The van der Waals surface area contributed by atoms with Gasteiger partial charge in [-0.05, 0) is 25.0 Å². The van der Waals surface area contributed by atoms with Crippen LogP contribution in [0.3, 0.4) is 0 Å². The molecule has 0 saturated carbocycles. The number of aliphatic hydroxyl groups excluding tert-OH is 1. The number of hydrogen-bond donors (Lipinski definition) is 1. The van der Waals surface area contributed by atoms with Gasteiger partial charge in [0.15, 0.2) is 0 Å². The van der Waals surface area contributed by atoms with Crippen LogP contribution in [0.15, 0.2) is 30.5 Å². The molecule has 0 saturated heterocycles. The normalized spacial score (nSPS) is 12.6. The highest BCUT2D eigenvalue weighted by Gasteiger charge is 2.14. The first-order valence-corrected chi connectivity index (χ1v) is 5.83. The van der Waals surface area contributed by atoms with Crippen LogP contribution in [-0.4, -0.2) is 20.1 Å². The van der Waals surface area contributed by atoms with Crippen molar-refractivity contribution in [3.63, 3.8) is 0 Å². The van der Waals surface area contributed by atoms with Crippen molar-refractivity contribution in [2.24, 2.45) is 0 Å². The summed E-state index contributed by atoms with van der Waals surface area (Å²) >= 11 is 0. The minimum atomic E-state index is -0.550. The molecule has 4 nitrogen and oxygen atoms in total. The van der Waals surface area contributed by atoms with E-state index in [4.69, 9.17) is 0 Å². The molecule has 0 aliphatic heterocycles. The molecule has 0 aliphatic carbocycles. The van der Waals surface area contributed by atoms with Gasteiger partial charge in [-0.2, -0.15) is 0 Å². The summed E-state index contributed by atoms with van der Waals surface area (Å²) in [4.78, 5) is 0. The zero-order valence-electron chi connectivity index (χ0n) is 10.2. The van der Waals surface area contributed by atoms with Crippen LogP contribution in [0.25, 0.3) is 0 Å². The molecule has 0 spiro atoms. The van der Waals surface area contributed by atoms with Gasteiger partial charge >= 0.3 is 0 Å². The maximum atomic E-state index is 10.2. The van der Waals surface area contributed by atoms with Crippen molar-refractivity contribution in [1.82, 2.24) is 15.0 Å². The minimum absolute atomic E-state index is 0.550. The van der Waals surface area contributed by atoms with E-state index in [-0.39, 0.29) is 0 Å². The van der Waals surface area contributed by atoms with E-state index in [0.717, 1.165) is 17.8 Å². The lowest BCUT2D eigenvalue weighted by Crippen LogP contribution is -2.10. The van der Waals surface area contributed by atoms with Crippen molar-refractivity contribution in [2.45, 2.75) is 32.9 Å². The van der Waals surface area contributed by atoms with Crippen LogP contribution < -0.4 is 0 Å². The van der Waals surface area contributed by atoms with Gasteiger partial charge in [0.2, 0.25) is 0 Å². The van der Waals surface area contributed by atoms with Crippen molar-refractivity contribution >= 4 is 0 Å². The molecule has 2 rings (SSSR count). The Balaban J connectivity index is 2.17. The average molecular weight is 231 g/mol. The highest BCUT2D eigenvalue weighted by Crippen LogP contribution is 2.19. The Morgan fingerprint density at radius 2 is 2.12 bits per heavy atom. The van der Waals surface area contributed by atoms with Crippen LogP contribution in [0.1, 0.15) is 29.8 Å². The lowest BCUT2D eigenvalue weighted by molar-refractivity contribution is 0.167. The third-order valence-electron chi connectivity index (χ3n) is 2.96. The third kappa shape index (κ3) is 2.53. The molecular weight excluding hydrogens is 214 g/mol. The highest BCUT2D eigenvalue weighted by molar-refractivity contribution is 5.26. The van der Waals surface area contributed by atoms with E-state index in [0.29, 0.717) is 6.42 Å². The number of benzene rings is 1. The van der Waals surface area contributed by atoms with Gasteiger partial charge in [-0.15, -0.1) is 5.10 Å². The molecule has 0 amide bonds. The average Bonchev–Trinajstić information content (AvgIpc) is 2.80. The summed E-state index contributed by atoms with van der Waals surface area (Å²) in [5.74, 6) is 0. The Bertz CT molecular complexity index is 493. The van der Waals surface area contributed by atoms with Gasteiger partial charge in [-0.3, -0.25) is 0 Å².